The maximum Gasteiger partial charge on any atom is 0.164 e. The molecule has 0 bridgehead atoms. The molecule has 6 aromatic carbocycles. The third-order valence-corrected chi connectivity index (χ3v) is 10.9. The van der Waals surface area contributed by atoms with E-state index < -0.39 is 0 Å². The zero-order valence-electron chi connectivity index (χ0n) is 31.8. The summed E-state index contributed by atoms with van der Waals surface area (Å²) in [6.07, 6.45) is 6.46. The molecule has 8 rings (SSSR count). The number of aromatic nitrogens is 3. The average Bonchev–Trinajstić information content (AvgIpc) is 3.45. The molecule has 0 N–H and O–H groups in total. The van der Waals surface area contributed by atoms with E-state index in [1.807, 2.05) is 66.7 Å². The molecule has 55 heavy (non-hydrogen) atoms. The summed E-state index contributed by atoms with van der Waals surface area (Å²) in [4.78, 5) is 15.3. The maximum atomic E-state index is 5.15. The second kappa shape index (κ2) is 14.6. The smallest absolute Gasteiger partial charge is 0.164 e. The first-order valence-electron chi connectivity index (χ1n) is 18.8. The van der Waals surface area contributed by atoms with Crippen LogP contribution in [-0.2, 0) is 5.41 Å². The number of allylic oxidation sites excluding steroid dienone is 6. The van der Waals surface area contributed by atoms with Crippen LogP contribution < -0.4 is 0 Å². The third-order valence-electron chi connectivity index (χ3n) is 10.9. The summed E-state index contributed by atoms with van der Waals surface area (Å²) < 4.78 is 0. The molecule has 7 aromatic rings. The van der Waals surface area contributed by atoms with Crippen molar-refractivity contribution in [3.8, 4) is 22.8 Å². The van der Waals surface area contributed by atoms with Crippen LogP contribution in [0.4, 0.5) is 0 Å². The van der Waals surface area contributed by atoms with Crippen molar-refractivity contribution in [2.24, 2.45) is 0 Å². The van der Waals surface area contributed by atoms with Gasteiger partial charge in [-0.1, -0.05) is 191 Å². The molecule has 0 spiro atoms. The zero-order valence-corrected chi connectivity index (χ0v) is 31.8. The first-order valence-corrected chi connectivity index (χ1v) is 18.8. The van der Waals surface area contributed by atoms with E-state index in [9.17, 15) is 0 Å². The van der Waals surface area contributed by atoms with E-state index in [1.165, 1.54) is 22.3 Å². The van der Waals surface area contributed by atoms with E-state index in [0.29, 0.717) is 17.5 Å². The summed E-state index contributed by atoms with van der Waals surface area (Å²) in [6, 6.07) is 50.5. The molecule has 1 heterocycles. The summed E-state index contributed by atoms with van der Waals surface area (Å²) in [5.74, 6) is 1.87. The van der Waals surface area contributed by atoms with Gasteiger partial charge in [-0.05, 0) is 80.3 Å². The van der Waals surface area contributed by atoms with E-state index >= 15 is 0 Å². The Morgan fingerprint density at radius 1 is 0.600 bits per heavy atom. The Morgan fingerprint density at radius 3 is 1.78 bits per heavy atom. The Labute approximate surface area is 324 Å². The summed E-state index contributed by atoms with van der Waals surface area (Å²) >= 11 is 0. The van der Waals surface area contributed by atoms with E-state index in [4.69, 9.17) is 21.5 Å². The Morgan fingerprint density at radius 2 is 1.15 bits per heavy atom. The lowest BCUT2D eigenvalue weighted by atomic mass is 9.80. The first-order chi connectivity index (χ1) is 26.8. The first kappa shape index (κ1) is 35.3. The Bertz CT molecular complexity index is 2650. The molecule has 0 unspecified atom stereocenters. The van der Waals surface area contributed by atoms with E-state index in [0.717, 1.165) is 60.9 Å². The molecule has 266 valence electrons. The van der Waals surface area contributed by atoms with Gasteiger partial charge in [-0.25, -0.2) is 15.0 Å². The molecule has 3 heteroatoms. The van der Waals surface area contributed by atoms with Crippen molar-refractivity contribution in [2.45, 2.75) is 33.1 Å². The van der Waals surface area contributed by atoms with Crippen molar-refractivity contribution in [1.82, 2.24) is 15.0 Å². The molecule has 0 saturated heterocycles. The van der Waals surface area contributed by atoms with Gasteiger partial charge in [0.2, 0.25) is 0 Å². The lowest BCUT2D eigenvalue weighted by molar-refractivity contribution is 0.661. The highest BCUT2D eigenvalue weighted by Crippen LogP contribution is 2.50. The van der Waals surface area contributed by atoms with E-state index in [2.05, 4.69) is 131 Å². The molecule has 1 aliphatic carbocycles. The van der Waals surface area contributed by atoms with Crippen molar-refractivity contribution in [1.29, 1.82) is 0 Å². The summed E-state index contributed by atoms with van der Waals surface area (Å²) in [6.45, 7) is 17.8. The standard InChI is InChI=1S/C52H43N3/c1-7-36-21-15-16-26-41(36)48(35(4)49-53-50(37-22-11-9-12-23-37)55-51(54-49)38-24-13-10-14-25-38)45-32-31-40(42-27-17-18-28-43(42)45)34(3)33-47-39(8-2)44-29-19-20-30-46(44)52(47,5)6/h7-33H,1,3H2,2,4-6H3/b39-8-,47-33+,48-35-. The number of hydrogen-bond acceptors (Lipinski definition) is 3. The van der Waals surface area contributed by atoms with Crippen molar-refractivity contribution < 1.29 is 0 Å². The molecule has 0 fully saturated rings. The number of nitrogens with zero attached hydrogens (tertiary/aromatic N) is 3. The minimum atomic E-state index is -0.152. The maximum absolute atomic E-state index is 5.15. The highest BCUT2D eigenvalue weighted by molar-refractivity contribution is 6.09. The van der Waals surface area contributed by atoms with Crippen LogP contribution in [-0.4, -0.2) is 15.0 Å². The van der Waals surface area contributed by atoms with Gasteiger partial charge in [0, 0.05) is 22.1 Å². The van der Waals surface area contributed by atoms with Gasteiger partial charge in [0.05, 0.1) is 0 Å². The third kappa shape index (κ3) is 6.38. The molecule has 0 saturated carbocycles. The minimum Gasteiger partial charge on any atom is -0.209 e. The fourth-order valence-corrected chi connectivity index (χ4v) is 8.05. The van der Waals surface area contributed by atoms with Gasteiger partial charge >= 0.3 is 0 Å². The average molecular weight is 710 g/mol. The Kier molecular flexibility index (Phi) is 9.38. The molecule has 0 radical (unpaired) electrons. The Hall–Kier alpha value is -6.71. The number of hydrogen-bond donors (Lipinski definition) is 0. The quantitative estimate of drug-likeness (QED) is 0.158. The number of benzene rings is 6. The van der Waals surface area contributed by atoms with Crippen LogP contribution in [0.1, 0.15) is 66.9 Å². The molecule has 3 nitrogen and oxygen atoms in total. The van der Waals surface area contributed by atoms with E-state index in [1.54, 1.807) is 0 Å². The van der Waals surface area contributed by atoms with Gasteiger partial charge in [-0.2, -0.15) is 0 Å². The van der Waals surface area contributed by atoms with Crippen LogP contribution in [0.5, 0.6) is 0 Å². The second-order valence-electron chi connectivity index (χ2n) is 14.5. The molecule has 1 aliphatic rings. The normalized spacial score (nSPS) is 15.2. The van der Waals surface area contributed by atoms with Gasteiger partial charge in [0.15, 0.2) is 17.5 Å². The monoisotopic (exact) mass is 709 g/mol. The highest BCUT2D eigenvalue weighted by Gasteiger charge is 2.37. The Balaban J connectivity index is 1.35. The zero-order chi connectivity index (χ0) is 38.1. The van der Waals surface area contributed by atoms with Crippen LogP contribution in [0.3, 0.4) is 0 Å². The SMILES string of the molecule is C=Cc1ccccc1/C(=C(\C)c1nc(-c2ccccc2)nc(-c2ccccc2)n1)c1ccc(C(=C)/C=C2\C(=C/C)c3ccccc3C2(C)C)c2ccccc12. The van der Waals surface area contributed by atoms with Gasteiger partial charge in [-0.3, -0.25) is 0 Å². The van der Waals surface area contributed by atoms with Crippen LogP contribution in [0.15, 0.2) is 176 Å². The van der Waals surface area contributed by atoms with Crippen LogP contribution in [0, 0.1) is 0 Å². The summed E-state index contributed by atoms with van der Waals surface area (Å²) in [5.41, 5.74) is 14.1. The van der Waals surface area contributed by atoms with Crippen LogP contribution >= 0.6 is 0 Å². The molecular formula is C52H43N3. The molecule has 0 amide bonds. The van der Waals surface area contributed by atoms with Gasteiger partial charge in [0.25, 0.3) is 0 Å². The van der Waals surface area contributed by atoms with Gasteiger partial charge < -0.3 is 0 Å². The topological polar surface area (TPSA) is 38.7 Å². The number of rotatable bonds is 8. The van der Waals surface area contributed by atoms with Crippen molar-refractivity contribution in [3.05, 3.63) is 216 Å². The predicted octanol–water partition coefficient (Wildman–Crippen LogP) is 13.3. The number of fused-ring (bicyclic) bond motifs is 2. The van der Waals surface area contributed by atoms with Crippen molar-refractivity contribution >= 4 is 39.1 Å². The molecule has 1 aromatic heterocycles. The molecular weight excluding hydrogens is 667 g/mol. The lowest BCUT2D eigenvalue weighted by Crippen LogP contribution is -2.15. The summed E-state index contributed by atoms with van der Waals surface area (Å²) in [5, 5.41) is 2.25. The van der Waals surface area contributed by atoms with Crippen molar-refractivity contribution in [2.75, 3.05) is 0 Å². The fourth-order valence-electron chi connectivity index (χ4n) is 8.05. The summed E-state index contributed by atoms with van der Waals surface area (Å²) in [7, 11) is 0. The van der Waals surface area contributed by atoms with Gasteiger partial charge in [0.1, 0.15) is 0 Å². The molecule has 0 atom stereocenters. The predicted molar refractivity (Wildman–Crippen MR) is 233 cm³/mol. The molecule has 0 aliphatic heterocycles. The lowest BCUT2D eigenvalue weighted by Gasteiger charge is -2.23. The fraction of sp³-hybridized carbons (Fsp3) is 0.0962. The largest absolute Gasteiger partial charge is 0.209 e. The second-order valence-corrected chi connectivity index (χ2v) is 14.5. The highest BCUT2D eigenvalue weighted by atomic mass is 15.0. The van der Waals surface area contributed by atoms with Gasteiger partial charge in [-0.15, -0.1) is 0 Å². The van der Waals surface area contributed by atoms with Crippen molar-refractivity contribution in [3.63, 3.8) is 0 Å². The minimum absolute atomic E-state index is 0.152. The van der Waals surface area contributed by atoms with Crippen LogP contribution in [0.25, 0.3) is 61.9 Å². The van der Waals surface area contributed by atoms with E-state index in [-0.39, 0.29) is 5.41 Å². The van der Waals surface area contributed by atoms with Crippen LogP contribution in [0.2, 0.25) is 0 Å².